The van der Waals surface area contributed by atoms with Crippen LogP contribution >= 0.6 is 12.2 Å². The summed E-state index contributed by atoms with van der Waals surface area (Å²) in [4.78, 5) is 33.9. The molecule has 0 spiro atoms. The Morgan fingerprint density at radius 3 is 2.31 bits per heavy atom. The van der Waals surface area contributed by atoms with E-state index in [4.69, 9.17) is 12.2 Å². The van der Waals surface area contributed by atoms with Gasteiger partial charge >= 0.3 is 0 Å². The molecule has 1 saturated carbocycles. The third-order valence-corrected chi connectivity index (χ3v) is 3.51. The number of nitrogens with zero attached hydrogens (tertiary/aromatic N) is 1. The Kier molecular flexibility index (Phi) is 6.84. The van der Waals surface area contributed by atoms with Gasteiger partial charge in [0.2, 0.25) is 5.91 Å². The zero-order valence-corrected chi connectivity index (χ0v) is 14.5. The van der Waals surface area contributed by atoms with Crippen molar-refractivity contribution in [3.63, 3.8) is 0 Å². The first kappa shape index (κ1) is 19.6. The van der Waals surface area contributed by atoms with Crippen molar-refractivity contribution in [1.29, 1.82) is 0 Å². The number of hydrazine groups is 1. The lowest BCUT2D eigenvalue weighted by Crippen LogP contribution is -2.52. The minimum atomic E-state index is -0.785. The first-order chi connectivity index (χ1) is 12.4. The fourth-order valence-electron chi connectivity index (χ4n) is 1.93. The van der Waals surface area contributed by atoms with Crippen molar-refractivity contribution in [1.82, 2.24) is 16.2 Å². The smallest absolute Gasteiger partial charge is 0.269 e. The Morgan fingerprint density at radius 1 is 1.12 bits per heavy atom. The lowest BCUT2D eigenvalue weighted by atomic mass is 10.1. The molecule has 0 aliphatic heterocycles. The Bertz CT molecular complexity index is 688. The Labute approximate surface area is 156 Å². The van der Waals surface area contributed by atoms with E-state index in [1.54, 1.807) is 25.7 Å². The van der Waals surface area contributed by atoms with Gasteiger partial charge in [0.1, 0.15) is 6.04 Å². The molecule has 1 aliphatic rings. The summed E-state index contributed by atoms with van der Waals surface area (Å²) < 4.78 is 0. The minimum Gasteiger partial charge on any atom is -0.344 e. The van der Waals surface area contributed by atoms with Crippen molar-refractivity contribution < 1.29 is 14.5 Å². The van der Waals surface area contributed by atoms with Crippen LogP contribution in [0.4, 0.5) is 11.4 Å². The van der Waals surface area contributed by atoms with Crippen molar-refractivity contribution >= 4 is 40.5 Å². The van der Waals surface area contributed by atoms with Crippen LogP contribution < -0.4 is 21.5 Å². The number of anilines is 1. The van der Waals surface area contributed by atoms with Crippen LogP contribution in [0.3, 0.4) is 0 Å². The predicted octanol–water partition coefficient (Wildman–Crippen LogP) is 0.822. The molecule has 5 radical (unpaired) electrons. The summed E-state index contributed by atoms with van der Waals surface area (Å²) in [7, 11) is 0. The van der Waals surface area contributed by atoms with Gasteiger partial charge in [-0.2, -0.15) is 0 Å². The maximum Gasteiger partial charge on any atom is 0.269 e. The summed E-state index contributed by atoms with van der Waals surface area (Å²) >= 11 is 5.02. The summed E-state index contributed by atoms with van der Waals surface area (Å²) in [5, 5.41) is 16.0. The average molecular weight is 374 g/mol. The van der Waals surface area contributed by atoms with Crippen molar-refractivity contribution in [2.24, 2.45) is 0 Å². The molecule has 0 unspecified atom stereocenters. The fourth-order valence-corrected chi connectivity index (χ4v) is 2.10. The van der Waals surface area contributed by atoms with Crippen LogP contribution in [0.1, 0.15) is 6.92 Å². The third-order valence-electron chi connectivity index (χ3n) is 3.30. The summed E-state index contributed by atoms with van der Waals surface area (Å²) in [6.07, 6.45) is 6.73. The maximum atomic E-state index is 12.0. The van der Waals surface area contributed by atoms with Gasteiger partial charge in [-0.3, -0.25) is 30.6 Å². The van der Waals surface area contributed by atoms with E-state index in [9.17, 15) is 19.7 Å². The number of thiocarbonyl (C=S) groups is 1. The standard InChI is InChI=1S/C16H16N5O4S/c1-10(17-15(23)11-4-2-3-5-11)14(22)19-20-16(26)18-12-6-8-13(9-7-12)21(24)25/h2-10H,1H3,(H,17,23)(H,19,22)(H2,18,20,26)/t10-/m0/s1. The summed E-state index contributed by atoms with van der Waals surface area (Å²) in [5.41, 5.74) is 5.33. The van der Waals surface area contributed by atoms with Crippen LogP contribution in [0.25, 0.3) is 0 Å². The van der Waals surface area contributed by atoms with Gasteiger partial charge in [-0.25, -0.2) is 0 Å². The molecule has 10 heteroatoms. The van der Waals surface area contributed by atoms with Crippen LogP contribution in [-0.2, 0) is 9.59 Å². The van der Waals surface area contributed by atoms with Gasteiger partial charge in [-0.15, -0.1) is 0 Å². The quantitative estimate of drug-likeness (QED) is 0.342. The average Bonchev–Trinajstić information content (AvgIpc) is 3.14. The van der Waals surface area contributed by atoms with E-state index in [1.165, 1.54) is 31.2 Å². The Hall–Kier alpha value is -2.75. The van der Waals surface area contributed by atoms with Crippen molar-refractivity contribution in [2.45, 2.75) is 13.0 Å². The van der Waals surface area contributed by atoms with Gasteiger partial charge in [0.05, 0.1) is 10.8 Å². The third kappa shape index (κ3) is 5.66. The number of benzene rings is 1. The van der Waals surface area contributed by atoms with E-state index < -0.39 is 16.9 Å². The maximum absolute atomic E-state index is 12.0. The highest BCUT2D eigenvalue weighted by Crippen LogP contribution is 2.22. The van der Waals surface area contributed by atoms with Gasteiger partial charge in [-0.05, 0) is 57.0 Å². The number of nitrogens with one attached hydrogen (secondary N) is 4. The number of carbonyl (C=O) groups excluding carboxylic acids is 2. The van der Waals surface area contributed by atoms with Crippen LogP contribution in [0.5, 0.6) is 0 Å². The van der Waals surface area contributed by atoms with E-state index >= 15 is 0 Å². The minimum absolute atomic E-state index is 0.0443. The monoisotopic (exact) mass is 374 g/mol. The van der Waals surface area contributed by atoms with Gasteiger partial charge in [-0.1, -0.05) is 0 Å². The van der Waals surface area contributed by atoms with Gasteiger partial charge in [0.25, 0.3) is 11.6 Å². The van der Waals surface area contributed by atoms with Crippen molar-refractivity contribution in [3.8, 4) is 0 Å². The molecular formula is C16H16N5O4S. The van der Waals surface area contributed by atoms with E-state index in [-0.39, 0.29) is 16.7 Å². The predicted molar refractivity (Wildman–Crippen MR) is 98.6 cm³/mol. The van der Waals surface area contributed by atoms with Crippen LogP contribution in [0.15, 0.2) is 24.3 Å². The molecule has 1 fully saturated rings. The molecule has 2 rings (SSSR count). The van der Waals surface area contributed by atoms with E-state index in [1.807, 2.05) is 0 Å². The second kappa shape index (κ2) is 9.09. The molecule has 0 heterocycles. The van der Waals surface area contributed by atoms with Crippen LogP contribution in [0.2, 0.25) is 0 Å². The lowest BCUT2D eigenvalue weighted by Gasteiger charge is -2.17. The molecule has 4 N–H and O–H groups in total. The molecular weight excluding hydrogens is 358 g/mol. The number of nitro benzene ring substituents is 1. The van der Waals surface area contributed by atoms with E-state index in [0.29, 0.717) is 11.6 Å². The van der Waals surface area contributed by atoms with E-state index in [2.05, 4.69) is 21.5 Å². The van der Waals surface area contributed by atoms with Crippen LogP contribution in [0, 0.1) is 41.7 Å². The number of non-ortho nitro benzene ring substituents is 1. The molecule has 135 valence electrons. The highest BCUT2D eigenvalue weighted by molar-refractivity contribution is 7.80. The second-order valence-electron chi connectivity index (χ2n) is 5.24. The molecule has 9 nitrogen and oxygen atoms in total. The lowest BCUT2D eigenvalue weighted by molar-refractivity contribution is -0.384. The van der Waals surface area contributed by atoms with Gasteiger partial charge in [0.15, 0.2) is 5.11 Å². The summed E-state index contributed by atoms with van der Waals surface area (Å²) in [6.45, 7) is 1.53. The number of hydrogen-bond donors (Lipinski definition) is 4. The number of hydrogen-bond acceptors (Lipinski definition) is 5. The van der Waals surface area contributed by atoms with Crippen LogP contribution in [-0.4, -0.2) is 27.9 Å². The number of amides is 2. The molecule has 0 saturated heterocycles. The van der Waals surface area contributed by atoms with Crippen molar-refractivity contribution in [2.75, 3.05) is 5.32 Å². The van der Waals surface area contributed by atoms with E-state index in [0.717, 1.165) is 0 Å². The van der Waals surface area contributed by atoms with Gasteiger partial charge in [0, 0.05) is 17.8 Å². The normalized spacial score (nSPS) is 15.0. The molecule has 1 atom stereocenters. The first-order valence-electron chi connectivity index (χ1n) is 7.50. The Morgan fingerprint density at radius 2 is 1.73 bits per heavy atom. The zero-order chi connectivity index (χ0) is 19.1. The summed E-state index contributed by atoms with van der Waals surface area (Å²) in [5.74, 6) is -0.380. The topological polar surface area (TPSA) is 125 Å². The summed E-state index contributed by atoms with van der Waals surface area (Å²) in [6, 6.07) is 4.83. The molecule has 0 bridgehead atoms. The molecule has 26 heavy (non-hydrogen) atoms. The molecule has 1 aliphatic carbocycles. The molecule has 1 aromatic rings. The largest absolute Gasteiger partial charge is 0.344 e. The highest BCUT2D eigenvalue weighted by Gasteiger charge is 2.27. The van der Waals surface area contributed by atoms with Crippen molar-refractivity contribution in [3.05, 3.63) is 66.0 Å². The molecule has 0 aromatic heterocycles. The number of carbonyl (C=O) groups is 2. The first-order valence-corrected chi connectivity index (χ1v) is 7.91. The number of nitro groups is 1. The number of rotatable bonds is 5. The molecule has 1 aromatic carbocycles. The Balaban J connectivity index is 1.74. The fraction of sp³-hybridized carbons (Fsp3) is 0.125. The molecule has 2 amide bonds. The zero-order valence-electron chi connectivity index (χ0n) is 13.7. The van der Waals surface area contributed by atoms with Gasteiger partial charge < -0.3 is 10.6 Å². The second-order valence-corrected chi connectivity index (χ2v) is 5.65. The SMILES string of the molecule is C[C@H](NC(=O)[C]1[CH][CH][CH][CH]1)C(=O)NNC(=S)Nc1ccc([N+](=O)[O-])cc1. The highest BCUT2D eigenvalue weighted by atomic mass is 32.1.